The van der Waals surface area contributed by atoms with E-state index < -0.39 is 0 Å². The third-order valence-electron chi connectivity index (χ3n) is 2.84. The first-order valence-corrected chi connectivity index (χ1v) is 6.83. The van der Waals surface area contributed by atoms with Gasteiger partial charge in [0.2, 0.25) is 5.95 Å². The monoisotopic (exact) mass is 275 g/mol. The second-order valence-electron chi connectivity index (χ2n) is 4.43. The predicted molar refractivity (Wildman–Crippen MR) is 79.6 cm³/mol. The van der Waals surface area contributed by atoms with Gasteiger partial charge in [0.15, 0.2) is 0 Å². The molecule has 1 aromatic heterocycles. The number of anilines is 2. The third kappa shape index (κ3) is 3.99. The standard InChI is InChI=1S/C15H21N3O2/c1-3-11-20-14-6-4-13(5-7-14)17-15-16-8-9-18(15)10-12-19-2/h4-9H,3,10-12H2,1-2H3,(H,16,17). The number of aromatic nitrogens is 2. The van der Waals surface area contributed by atoms with Crippen molar-refractivity contribution in [1.82, 2.24) is 9.55 Å². The summed E-state index contributed by atoms with van der Waals surface area (Å²) >= 11 is 0. The van der Waals surface area contributed by atoms with E-state index in [1.54, 1.807) is 13.3 Å². The molecule has 20 heavy (non-hydrogen) atoms. The molecule has 1 heterocycles. The van der Waals surface area contributed by atoms with E-state index in [0.29, 0.717) is 6.61 Å². The highest BCUT2D eigenvalue weighted by Crippen LogP contribution is 2.19. The molecule has 0 atom stereocenters. The highest BCUT2D eigenvalue weighted by atomic mass is 16.5. The van der Waals surface area contributed by atoms with Gasteiger partial charge in [-0.15, -0.1) is 0 Å². The van der Waals surface area contributed by atoms with E-state index in [0.717, 1.165) is 37.0 Å². The molecule has 5 nitrogen and oxygen atoms in total. The molecule has 0 bridgehead atoms. The van der Waals surface area contributed by atoms with Crippen molar-refractivity contribution in [3.05, 3.63) is 36.7 Å². The number of rotatable bonds is 8. The number of hydrogen-bond donors (Lipinski definition) is 1. The van der Waals surface area contributed by atoms with Crippen molar-refractivity contribution >= 4 is 11.6 Å². The maximum absolute atomic E-state index is 5.56. The number of imidazole rings is 1. The average Bonchev–Trinajstić information content (AvgIpc) is 2.91. The first kappa shape index (κ1) is 14.4. The minimum absolute atomic E-state index is 0.662. The first-order chi connectivity index (χ1) is 9.83. The molecule has 5 heteroatoms. The van der Waals surface area contributed by atoms with Crippen LogP contribution in [-0.4, -0.2) is 29.9 Å². The molecule has 2 aromatic rings. The van der Waals surface area contributed by atoms with Gasteiger partial charge in [-0.2, -0.15) is 0 Å². The van der Waals surface area contributed by atoms with Gasteiger partial charge < -0.3 is 19.4 Å². The van der Waals surface area contributed by atoms with Crippen LogP contribution in [0.5, 0.6) is 5.75 Å². The van der Waals surface area contributed by atoms with Gasteiger partial charge in [0.25, 0.3) is 0 Å². The Morgan fingerprint density at radius 2 is 2.00 bits per heavy atom. The number of ether oxygens (including phenoxy) is 2. The molecule has 0 aliphatic heterocycles. The van der Waals surface area contributed by atoms with E-state index in [4.69, 9.17) is 9.47 Å². The summed E-state index contributed by atoms with van der Waals surface area (Å²) in [6.45, 7) is 4.27. The Hall–Kier alpha value is -2.01. The van der Waals surface area contributed by atoms with Crippen LogP contribution in [0.2, 0.25) is 0 Å². The van der Waals surface area contributed by atoms with Crippen LogP contribution in [0.4, 0.5) is 11.6 Å². The summed E-state index contributed by atoms with van der Waals surface area (Å²) < 4.78 is 12.7. The molecule has 0 unspecified atom stereocenters. The lowest BCUT2D eigenvalue weighted by atomic mass is 10.3. The summed E-state index contributed by atoms with van der Waals surface area (Å²) in [5.41, 5.74) is 0.985. The van der Waals surface area contributed by atoms with E-state index >= 15 is 0 Å². The van der Waals surface area contributed by atoms with E-state index in [1.165, 1.54) is 0 Å². The lowest BCUT2D eigenvalue weighted by molar-refractivity contribution is 0.188. The van der Waals surface area contributed by atoms with E-state index in [-0.39, 0.29) is 0 Å². The lowest BCUT2D eigenvalue weighted by Crippen LogP contribution is -2.07. The summed E-state index contributed by atoms with van der Waals surface area (Å²) in [7, 11) is 1.69. The molecule has 0 aliphatic carbocycles. The maximum atomic E-state index is 5.56. The van der Waals surface area contributed by atoms with Crippen molar-refractivity contribution in [2.24, 2.45) is 0 Å². The molecular weight excluding hydrogens is 254 g/mol. The number of nitrogens with zero attached hydrogens (tertiary/aromatic N) is 2. The zero-order valence-corrected chi connectivity index (χ0v) is 12.0. The lowest BCUT2D eigenvalue weighted by Gasteiger charge is -2.10. The number of hydrogen-bond acceptors (Lipinski definition) is 4. The molecule has 0 saturated carbocycles. The van der Waals surface area contributed by atoms with Crippen molar-refractivity contribution in [1.29, 1.82) is 0 Å². The van der Waals surface area contributed by atoms with Crippen molar-refractivity contribution in [2.45, 2.75) is 19.9 Å². The summed E-state index contributed by atoms with van der Waals surface area (Å²) in [4.78, 5) is 4.30. The van der Waals surface area contributed by atoms with Crippen molar-refractivity contribution in [2.75, 3.05) is 25.6 Å². The Bertz CT molecular complexity index is 508. The van der Waals surface area contributed by atoms with Crippen LogP contribution in [0, 0.1) is 0 Å². The Labute approximate surface area is 119 Å². The van der Waals surface area contributed by atoms with E-state index in [1.807, 2.05) is 35.0 Å². The van der Waals surface area contributed by atoms with Gasteiger partial charge in [0.1, 0.15) is 5.75 Å². The largest absolute Gasteiger partial charge is 0.494 e. The second-order valence-corrected chi connectivity index (χ2v) is 4.43. The summed E-state index contributed by atoms with van der Waals surface area (Å²) in [6, 6.07) is 7.89. The second kappa shape index (κ2) is 7.55. The Balaban J connectivity index is 1.97. The molecule has 0 spiro atoms. The summed E-state index contributed by atoms with van der Waals surface area (Å²) in [5, 5.41) is 3.29. The molecule has 108 valence electrons. The van der Waals surface area contributed by atoms with Crippen molar-refractivity contribution < 1.29 is 9.47 Å². The Morgan fingerprint density at radius 1 is 1.20 bits per heavy atom. The molecular formula is C15H21N3O2. The predicted octanol–water partition coefficient (Wildman–Crippen LogP) is 3.06. The van der Waals surface area contributed by atoms with Crippen LogP contribution in [0.3, 0.4) is 0 Å². The van der Waals surface area contributed by atoms with Gasteiger partial charge >= 0.3 is 0 Å². The molecule has 0 amide bonds. The van der Waals surface area contributed by atoms with Crippen molar-refractivity contribution in [3.8, 4) is 5.75 Å². The van der Waals surface area contributed by atoms with Crippen LogP contribution in [0.1, 0.15) is 13.3 Å². The zero-order valence-electron chi connectivity index (χ0n) is 12.0. The minimum atomic E-state index is 0.662. The quantitative estimate of drug-likeness (QED) is 0.804. The molecule has 0 saturated heterocycles. The summed E-state index contributed by atoms with van der Waals surface area (Å²) in [6.07, 6.45) is 4.72. The van der Waals surface area contributed by atoms with Gasteiger partial charge in [-0.25, -0.2) is 4.98 Å². The van der Waals surface area contributed by atoms with Gasteiger partial charge in [0.05, 0.1) is 13.2 Å². The van der Waals surface area contributed by atoms with Crippen LogP contribution in [-0.2, 0) is 11.3 Å². The SMILES string of the molecule is CCCOc1ccc(Nc2nccn2CCOC)cc1. The number of benzene rings is 1. The molecule has 0 aliphatic rings. The molecule has 2 rings (SSSR count). The average molecular weight is 275 g/mol. The third-order valence-corrected chi connectivity index (χ3v) is 2.84. The first-order valence-electron chi connectivity index (χ1n) is 6.83. The topological polar surface area (TPSA) is 48.3 Å². The van der Waals surface area contributed by atoms with E-state index in [9.17, 15) is 0 Å². The van der Waals surface area contributed by atoms with Gasteiger partial charge in [-0.1, -0.05) is 6.92 Å². The Morgan fingerprint density at radius 3 is 2.70 bits per heavy atom. The van der Waals surface area contributed by atoms with Gasteiger partial charge in [-0.3, -0.25) is 0 Å². The van der Waals surface area contributed by atoms with Crippen LogP contribution < -0.4 is 10.1 Å². The fourth-order valence-corrected chi connectivity index (χ4v) is 1.79. The Kier molecular flexibility index (Phi) is 5.43. The number of methoxy groups -OCH3 is 1. The highest BCUT2D eigenvalue weighted by molar-refractivity contribution is 5.54. The van der Waals surface area contributed by atoms with Crippen LogP contribution in [0.15, 0.2) is 36.7 Å². The zero-order chi connectivity index (χ0) is 14.2. The minimum Gasteiger partial charge on any atom is -0.494 e. The molecule has 1 aromatic carbocycles. The fraction of sp³-hybridized carbons (Fsp3) is 0.400. The molecule has 1 N–H and O–H groups in total. The van der Waals surface area contributed by atoms with Crippen LogP contribution >= 0.6 is 0 Å². The maximum Gasteiger partial charge on any atom is 0.207 e. The highest BCUT2D eigenvalue weighted by Gasteiger charge is 2.03. The normalized spacial score (nSPS) is 10.5. The fourth-order valence-electron chi connectivity index (χ4n) is 1.79. The van der Waals surface area contributed by atoms with Gasteiger partial charge in [-0.05, 0) is 30.7 Å². The van der Waals surface area contributed by atoms with Crippen molar-refractivity contribution in [3.63, 3.8) is 0 Å². The number of nitrogens with one attached hydrogen (secondary N) is 1. The van der Waals surface area contributed by atoms with E-state index in [2.05, 4.69) is 17.2 Å². The molecule has 0 radical (unpaired) electrons. The van der Waals surface area contributed by atoms with Crippen LogP contribution in [0.25, 0.3) is 0 Å². The summed E-state index contributed by atoms with van der Waals surface area (Å²) in [5.74, 6) is 1.70. The van der Waals surface area contributed by atoms with Gasteiger partial charge in [0, 0.05) is 31.7 Å². The smallest absolute Gasteiger partial charge is 0.207 e. The molecule has 0 fully saturated rings.